The fourth-order valence-corrected chi connectivity index (χ4v) is 3.92. The number of allylic oxidation sites excluding steroid dienone is 1. The van der Waals surface area contributed by atoms with E-state index in [1.54, 1.807) is 24.3 Å². The van der Waals surface area contributed by atoms with E-state index in [0.29, 0.717) is 34.5 Å². The summed E-state index contributed by atoms with van der Waals surface area (Å²) in [6.07, 6.45) is 1.58. The molecule has 3 heterocycles. The van der Waals surface area contributed by atoms with Crippen molar-refractivity contribution in [2.75, 3.05) is 7.11 Å². The Bertz CT molecular complexity index is 1290. The van der Waals surface area contributed by atoms with Gasteiger partial charge in [0.05, 0.1) is 31.5 Å². The lowest BCUT2D eigenvalue weighted by molar-refractivity contribution is 0.199. The van der Waals surface area contributed by atoms with Crippen LogP contribution in [0.1, 0.15) is 30.2 Å². The first-order valence-corrected chi connectivity index (χ1v) is 10.5. The molecule has 1 unspecified atom stereocenters. The molecule has 1 N–H and O–H groups in total. The third kappa shape index (κ3) is 3.98. The van der Waals surface area contributed by atoms with Gasteiger partial charge in [-0.15, -0.1) is 0 Å². The predicted octanol–water partition coefficient (Wildman–Crippen LogP) is 5.04. The minimum atomic E-state index is -0.496. The normalized spacial score (nSPS) is 16.1. The molecule has 8 heteroatoms. The highest BCUT2D eigenvalue weighted by molar-refractivity contribution is 5.86. The van der Waals surface area contributed by atoms with Crippen LogP contribution in [0.5, 0.6) is 5.75 Å². The largest absolute Gasteiger partial charge is 0.497 e. The van der Waals surface area contributed by atoms with Crippen molar-refractivity contribution in [3.8, 4) is 17.1 Å². The predicted molar refractivity (Wildman–Crippen MR) is 121 cm³/mol. The number of carbonyl (C=O) groups is 1. The van der Waals surface area contributed by atoms with Crippen LogP contribution in [0.4, 0.5) is 4.79 Å². The number of benzene rings is 2. The van der Waals surface area contributed by atoms with Crippen molar-refractivity contribution in [2.24, 2.45) is 0 Å². The van der Waals surface area contributed by atoms with Crippen LogP contribution in [0.3, 0.4) is 0 Å². The molecule has 1 aliphatic heterocycles. The van der Waals surface area contributed by atoms with Gasteiger partial charge in [0.25, 0.3) is 5.89 Å². The maximum Gasteiger partial charge on any atom is 0.322 e. The maximum atomic E-state index is 13.1. The number of furan rings is 1. The van der Waals surface area contributed by atoms with Crippen molar-refractivity contribution in [1.29, 1.82) is 0 Å². The van der Waals surface area contributed by atoms with Crippen LogP contribution < -0.4 is 10.1 Å². The van der Waals surface area contributed by atoms with E-state index >= 15 is 0 Å². The summed E-state index contributed by atoms with van der Waals surface area (Å²) in [7, 11) is 1.61. The standard InChI is InChI=1S/C25H22N4O4/c1-16-21(24-27-23(28-33-24)17-8-4-3-5-9-17)22(18-10-6-11-19(14-18)31-2)26-25(30)29(16)15-20-12-7-13-32-20/h3-14,22H,15H2,1-2H3,(H,26,30). The number of urea groups is 1. The fraction of sp³-hybridized carbons (Fsp3) is 0.160. The number of rotatable bonds is 6. The number of amides is 2. The number of ether oxygens (including phenoxy) is 1. The van der Waals surface area contributed by atoms with E-state index in [2.05, 4.69) is 15.5 Å². The van der Waals surface area contributed by atoms with E-state index in [9.17, 15) is 4.79 Å². The maximum absolute atomic E-state index is 13.1. The zero-order valence-electron chi connectivity index (χ0n) is 18.2. The Kier molecular flexibility index (Phi) is 5.40. The van der Waals surface area contributed by atoms with Gasteiger partial charge in [0.2, 0.25) is 5.82 Å². The molecule has 2 amide bonds. The average Bonchev–Trinajstić information content (AvgIpc) is 3.54. The number of hydrogen-bond donors (Lipinski definition) is 1. The average molecular weight is 442 g/mol. The molecule has 166 valence electrons. The first-order chi connectivity index (χ1) is 16.1. The fourth-order valence-electron chi connectivity index (χ4n) is 3.92. The molecule has 8 nitrogen and oxygen atoms in total. The molecule has 33 heavy (non-hydrogen) atoms. The summed E-state index contributed by atoms with van der Waals surface area (Å²) in [6.45, 7) is 2.15. The van der Waals surface area contributed by atoms with Crippen LogP contribution in [0.15, 0.2) is 87.6 Å². The lowest BCUT2D eigenvalue weighted by Gasteiger charge is -2.34. The summed E-state index contributed by atoms with van der Waals surface area (Å²) in [4.78, 5) is 19.4. The van der Waals surface area contributed by atoms with Gasteiger partial charge in [-0.1, -0.05) is 47.6 Å². The quantitative estimate of drug-likeness (QED) is 0.450. The summed E-state index contributed by atoms with van der Waals surface area (Å²) in [5, 5.41) is 7.26. The molecule has 0 fully saturated rings. The number of nitrogens with zero attached hydrogens (tertiary/aromatic N) is 3. The van der Waals surface area contributed by atoms with Crippen LogP contribution in [-0.2, 0) is 6.54 Å². The zero-order valence-corrected chi connectivity index (χ0v) is 18.2. The SMILES string of the molecule is COc1cccc(C2NC(=O)N(Cc3ccco3)C(C)=C2c2nc(-c3ccccc3)no2)c1. The highest BCUT2D eigenvalue weighted by Crippen LogP contribution is 2.38. The Morgan fingerprint density at radius 2 is 1.94 bits per heavy atom. The summed E-state index contributed by atoms with van der Waals surface area (Å²) < 4.78 is 16.6. The van der Waals surface area contributed by atoms with Gasteiger partial charge >= 0.3 is 6.03 Å². The third-order valence-corrected chi connectivity index (χ3v) is 5.61. The second kappa shape index (κ2) is 8.66. The molecule has 2 aromatic carbocycles. The van der Waals surface area contributed by atoms with Gasteiger partial charge in [-0.05, 0) is 36.8 Å². The van der Waals surface area contributed by atoms with E-state index in [-0.39, 0.29) is 12.6 Å². The van der Waals surface area contributed by atoms with Crippen molar-refractivity contribution in [2.45, 2.75) is 19.5 Å². The van der Waals surface area contributed by atoms with Crippen molar-refractivity contribution >= 4 is 11.6 Å². The minimum Gasteiger partial charge on any atom is -0.497 e. The van der Waals surface area contributed by atoms with E-state index in [1.165, 1.54) is 0 Å². The van der Waals surface area contributed by atoms with E-state index in [1.807, 2.05) is 67.6 Å². The van der Waals surface area contributed by atoms with E-state index < -0.39 is 6.04 Å². The Labute approximate surface area is 190 Å². The molecular weight excluding hydrogens is 420 g/mol. The molecular formula is C25H22N4O4. The Hall–Kier alpha value is -4.33. The topological polar surface area (TPSA) is 93.6 Å². The van der Waals surface area contributed by atoms with Gasteiger partial charge in [-0.3, -0.25) is 4.90 Å². The molecule has 0 spiro atoms. The van der Waals surface area contributed by atoms with Gasteiger partial charge in [0.1, 0.15) is 11.5 Å². The van der Waals surface area contributed by atoms with Crippen LogP contribution >= 0.6 is 0 Å². The van der Waals surface area contributed by atoms with Crippen molar-refractivity contribution < 1.29 is 18.5 Å². The number of hydrogen-bond acceptors (Lipinski definition) is 6. The van der Waals surface area contributed by atoms with Gasteiger partial charge < -0.3 is 19.0 Å². The molecule has 1 aliphatic rings. The molecule has 0 radical (unpaired) electrons. The Morgan fingerprint density at radius 3 is 2.70 bits per heavy atom. The van der Waals surface area contributed by atoms with Crippen LogP contribution in [0.2, 0.25) is 0 Å². The van der Waals surface area contributed by atoms with Gasteiger partial charge in [-0.25, -0.2) is 4.79 Å². The van der Waals surface area contributed by atoms with Crippen molar-refractivity contribution in [3.63, 3.8) is 0 Å². The van der Waals surface area contributed by atoms with Gasteiger partial charge in [-0.2, -0.15) is 4.98 Å². The Morgan fingerprint density at radius 1 is 1.09 bits per heavy atom. The highest BCUT2D eigenvalue weighted by atomic mass is 16.5. The van der Waals surface area contributed by atoms with Crippen LogP contribution in [0, 0.1) is 0 Å². The van der Waals surface area contributed by atoms with Crippen molar-refractivity contribution in [1.82, 2.24) is 20.4 Å². The molecule has 5 rings (SSSR count). The summed E-state index contributed by atoms with van der Waals surface area (Å²) >= 11 is 0. The third-order valence-electron chi connectivity index (χ3n) is 5.61. The first-order valence-electron chi connectivity index (χ1n) is 10.5. The summed E-state index contributed by atoms with van der Waals surface area (Å²) in [5.74, 6) is 2.17. The monoisotopic (exact) mass is 442 g/mol. The van der Waals surface area contributed by atoms with Gasteiger partial charge in [0.15, 0.2) is 0 Å². The smallest absolute Gasteiger partial charge is 0.322 e. The molecule has 0 bridgehead atoms. The molecule has 0 saturated heterocycles. The lowest BCUT2D eigenvalue weighted by atomic mass is 9.94. The van der Waals surface area contributed by atoms with E-state index in [4.69, 9.17) is 13.7 Å². The highest BCUT2D eigenvalue weighted by Gasteiger charge is 2.36. The van der Waals surface area contributed by atoms with Gasteiger partial charge in [0, 0.05) is 11.3 Å². The number of nitrogens with one attached hydrogen (secondary N) is 1. The first kappa shape index (κ1) is 20.6. The molecule has 2 aromatic heterocycles. The molecule has 0 aliphatic carbocycles. The zero-order chi connectivity index (χ0) is 22.8. The minimum absolute atomic E-state index is 0.247. The van der Waals surface area contributed by atoms with Crippen LogP contribution in [-0.4, -0.2) is 28.2 Å². The molecule has 4 aromatic rings. The molecule has 0 saturated carbocycles. The molecule has 1 atom stereocenters. The Balaban J connectivity index is 1.61. The number of methoxy groups -OCH3 is 1. The second-order valence-corrected chi connectivity index (χ2v) is 7.61. The summed E-state index contributed by atoms with van der Waals surface area (Å²) in [5.41, 5.74) is 3.10. The lowest BCUT2D eigenvalue weighted by Crippen LogP contribution is -2.45. The number of carbonyl (C=O) groups excluding carboxylic acids is 1. The van der Waals surface area contributed by atoms with Crippen molar-refractivity contribution in [3.05, 3.63) is 95.9 Å². The number of aromatic nitrogens is 2. The van der Waals surface area contributed by atoms with E-state index in [0.717, 1.165) is 11.1 Å². The summed E-state index contributed by atoms with van der Waals surface area (Å²) in [6, 6.07) is 20.0. The second-order valence-electron chi connectivity index (χ2n) is 7.61. The van der Waals surface area contributed by atoms with Crippen LogP contribution in [0.25, 0.3) is 17.0 Å².